The van der Waals surface area contributed by atoms with Gasteiger partial charge in [0.15, 0.2) is 5.16 Å². The number of nitrogens with zero attached hydrogens (tertiary/aromatic N) is 3. The fourth-order valence-corrected chi connectivity index (χ4v) is 7.50. The zero-order valence-corrected chi connectivity index (χ0v) is 21.9. The van der Waals surface area contributed by atoms with E-state index in [-0.39, 0.29) is 16.8 Å². The molecule has 0 N–H and O–H groups in total. The number of imidazole rings is 1. The minimum absolute atomic E-state index is 0.113. The molecule has 2 fully saturated rings. The highest BCUT2D eigenvalue weighted by molar-refractivity contribution is 7.98. The third kappa shape index (κ3) is 5.28. The standard InChI is InChI=1S/C26H32FN3O3S2/c1-18-5-3-11-29(15-18)35(31,32)22-9-10-25-24(14-22)28-26(30(25)16-21-6-4-12-33-21)34-17-20-8-7-19(2)23(27)13-20/h7-10,13-14,18,21H,3-6,11-12,15-17H2,1-2H3/t18-,21+/m0/s1. The molecule has 3 aromatic rings. The highest BCUT2D eigenvalue weighted by Gasteiger charge is 2.29. The molecule has 2 aromatic carbocycles. The lowest BCUT2D eigenvalue weighted by Crippen LogP contribution is -2.39. The van der Waals surface area contributed by atoms with Gasteiger partial charge >= 0.3 is 0 Å². The van der Waals surface area contributed by atoms with Crippen LogP contribution in [0.5, 0.6) is 0 Å². The summed E-state index contributed by atoms with van der Waals surface area (Å²) in [6, 6.07) is 10.6. The van der Waals surface area contributed by atoms with Gasteiger partial charge in [0.2, 0.25) is 10.0 Å². The molecule has 35 heavy (non-hydrogen) atoms. The molecular formula is C26H32FN3O3S2. The Morgan fingerprint density at radius 3 is 2.77 bits per heavy atom. The lowest BCUT2D eigenvalue weighted by atomic mass is 10.0. The Bertz CT molecular complexity index is 1320. The summed E-state index contributed by atoms with van der Waals surface area (Å²) in [5.41, 5.74) is 3.06. The van der Waals surface area contributed by atoms with E-state index in [4.69, 9.17) is 9.72 Å². The van der Waals surface area contributed by atoms with E-state index in [1.165, 1.54) is 11.8 Å². The molecule has 0 spiro atoms. The van der Waals surface area contributed by atoms with E-state index in [9.17, 15) is 12.8 Å². The van der Waals surface area contributed by atoms with E-state index in [0.717, 1.165) is 48.5 Å². The van der Waals surface area contributed by atoms with Crippen molar-refractivity contribution in [3.05, 3.63) is 53.3 Å². The molecule has 0 radical (unpaired) electrons. The van der Waals surface area contributed by atoms with Crippen LogP contribution >= 0.6 is 11.8 Å². The third-order valence-electron chi connectivity index (χ3n) is 6.96. The van der Waals surface area contributed by atoms with E-state index in [2.05, 4.69) is 11.5 Å². The van der Waals surface area contributed by atoms with E-state index in [1.54, 1.807) is 35.5 Å². The number of rotatable bonds is 7. The van der Waals surface area contributed by atoms with Crippen LogP contribution in [0, 0.1) is 18.7 Å². The predicted molar refractivity (Wildman–Crippen MR) is 137 cm³/mol. The van der Waals surface area contributed by atoms with E-state index < -0.39 is 10.0 Å². The van der Waals surface area contributed by atoms with Crippen LogP contribution in [0.4, 0.5) is 4.39 Å². The number of thioether (sulfide) groups is 1. The summed E-state index contributed by atoms with van der Waals surface area (Å²) in [5, 5.41) is 0.789. The number of hydrogen-bond donors (Lipinski definition) is 0. The van der Waals surface area contributed by atoms with Crippen molar-refractivity contribution in [1.82, 2.24) is 13.9 Å². The SMILES string of the molecule is Cc1ccc(CSc2nc3cc(S(=O)(=O)N4CCC[C@H](C)C4)ccc3n2C[C@H]2CCCO2)cc1F. The summed E-state index contributed by atoms with van der Waals surface area (Å²) in [6.07, 6.45) is 4.09. The Labute approximate surface area is 210 Å². The molecule has 3 heterocycles. The number of ether oxygens (including phenoxy) is 1. The molecule has 5 rings (SSSR count). The van der Waals surface area contributed by atoms with E-state index in [0.29, 0.717) is 42.4 Å². The second-order valence-corrected chi connectivity index (χ2v) is 12.7. The first-order valence-corrected chi connectivity index (χ1v) is 14.7. The Morgan fingerprint density at radius 1 is 1.17 bits per heavy atom. The minimum Gasteiger partial charge on any atom is -0.376 e. The van der Waals surface area contributed by atoms with Crippen LogP contribution in [0.2, 0.25) is 0 Å². The molecule has 2 aliphatic rings. The normalized spacial score (nSPS) is 21.7. The summed E-state index contributed by atoms with van der Waals surface area (Å²) >= 11 is 1.54. The number of aromatic nitrogens is 2. The first kappa shape index (κ1) is 24.7. The quantitative estimate of drug-likeness (QED) is 0.394. The van der Waals surface area contributed by atoms with Crippen molar-refractivity contribution in [2.45, 2.75) is 68.0 Å². The Kier molecular flexibility index (Phi) is 7.21. The molecular weight excluding hydrogens is 485 g/mol. The third-order valence-corrected chi connectivity index (χ3v) is 9.87. The van der Waals surface area contributed by atoms with Gasteiger partial charge in [0.25, 0.3) is 0 Å². The van der Waals surface area contributed by atoms with Crippen LogP contribution in [-0.4, -0.2) is 48.1 Å². The smallest absolute Gasteiger partial charge is 0.243 e. The number of sulfonamides is 1. The van der Waals surface area contributed by atoms with Crippen molar-refractivity contribution in [2.75, 3.05) is 19.7 Å². The number of aryl methyl sites for hydroxylation is 1. The molecule has 6 nitrogen and oxygen atoms in total. The van der Waals surface area contributed by atoms with Gasteiger partial charge in [-0.15, -0.1) is 0 Å². The molecule has 0 unspecified atom stereocenters. The molecule has 2 saturated heterocycles. The van der Waals surface area contributed by atoms with Crippen molar-refractivity contribution in [3.63, 3.8) is 0 Å². The zero-order chi connectivity index (χ0) is 24.6. The van der Waals surface area contributed by atoms with Crippen LogP contribution in [-0.2, 0) is 27.1 Å². The van der Waals surface area contributed by atoms with Crippen LogP contribution in [0.25, 0.3) is 11.0 Å². The Balaban J connectivity index is 1.46. The molecule has 9 heteroatoms. The Morgan fingerprint density at radius 2 is 2.03 bits per heavy atom. The van der Waals surface area contributed by atoms with Gasteiger partial charge in [0.1, 0.15) is 5.82 Å². The van der Waals surface area contributed by atoms with Crippen LogP contribution in [0.1, 0.15) is 43.7 Å². The van der Waals surface area contributed by atoms with Gasteiger partial charge in [-0.25, -0.2) is 17.8 Å². The van der Waals surface area contributed by atoms with Gasteiger partial charge in [0, 0.05) is 25.4 Å². The van der Waals surface area contributed by atoms with Crippen LogP contribution in [0.15, 0.2) is 46.5 Å². The number of hydrogen-bond acceptors (Lipinski definition) is 5. The summed E-state index contributed by atoms with van der Waals surface area (Å²) in [4.78, 5) is 5.13. The topological polar surface area (TPSA) is 64.4 Å². The maximum absolute atomic E-state index is 14.0. The summed E-state index contributed by atoms with van der Waals surface area (Å²) in [6.45, 7) is 6.40. The number of benzene rings is 2. The Hall–Kier alpha value is -1.94. The highest BCUT2D eigenvalue weighted by Crippen LogP contribution is 2.31. The summed E-state index contributed by atoms with van der Waals surface area (Å²) < 4.78 is 50.4. The van der Waals surface area contributed by atoms with E-state index in [1.807, 2.05) is 12.1 Å². The van der Waals surface area contributed by atoms with E-state index >= 15 is 0 Å². The van der Waals surface area contributed by atoms with Crippen molar-refractivity contribution >= 4 is 32.8 Å². The van der Waals surface area contributed by atoms with Gasteiger partial charge < -0.3 is 9.30 Å². The number of halogens is 1. The molecule has 0 aliphatic carbocycles. The van der Waals surface area contributed by atoms with Crippen molar-refractivity contribution in [1.29, 1.82) is 0 Å². The molecule has 188 valence electrons. The average molecular weight is 518 g/mol. The highest BCUT2D eigenvalue weighted by atomic mass is 32.2. The van der Waals surface area contributed by atoms with Crippen LogP contribution < -0.4 is 0 Å². The summed E-state index contributed by atoms with van der Waals surface area (Å²) in [7, 11) is -3.57. The monoisotopic (exact) mass is 517 g/mol. The molecule has 0 saturated carbocycles. The molecule has 2 atom stereocenters. The minimum atomic E-state index is -3.57. The molecule has 1 aromatic heterocycles. The second-order valence-electron chi connectivity index (χ2n) is 9.77. The fourth-order valence-electron chi connectivity index (χ4n) is 4.91. The van der Waals surface area contributed by atoms with Crippen LogP contribution in [0.3, 0.4) is 0 Å². The fraction of sp³-hybridized carbons (Fsp3) is 0.500. The van der Waals surface area contributed by atoms with Gasteiger partial charge in [-0.05, 0) is 73.9 Å². The van der Waals surface area contributed by atoms with Gasteiger partial charge in [0.05, 0.1) is 28.6 Å². The average Bonchev–Trinajstić information content (AvgIpc) is 3.48. The number of fused-ring (bicyclic) bond motifs is 1. The molecule has 0 amide bonds. The second kappa shape index (κ2) is 10.2. The van der Waals surface area contributed by atoms with Crippen molar-refractivity contribution in [3.8, 4) is 0 Å². The molecule has 2 aliphatic heterocycles. The van der Waals surface area contributed by atoms with Crippen molar-refractivity contribution < 1.29 is 17.5 Å². The lowest BCUT2D eigenvalue weighted by molar-refractivity contribution is 0.0960. The van der Waals surface area contributed by atoms with Gasteiger partial charge in [-0.2, -0.15) is 4.31 Å². The largest absolute Gasteiger partial charge is 0.376 e. The first-order valence-electron chi connectivity index (χ1n) is 12.3. The van der Waals surface area contributed by atoms with Crippen molar-refractivity contribution in [2.24, 2.45) is 5.92 Å². The maximum atomic E-state index is 14.0. The molecule has 0 bridgehead atoms. The lowest BCUT2D eigenvalue weighted by Gasteiger charge is -2.30. The van der Waals surface area contributed by atoms with Gasteiger partial charge in [-0.1, -0.05) is 30.8 Å². The predicted octanol–water partition coefficient (Wildman–Crippen LogP) is 5.38. The number of piperidine rings is 1. The zero-order valence-electron chi connectivity index (χ0n) is 20.2. The first-order chi connectivity index (χ1) is 16.8. The maximum Gasteiger partial charge on any atom is 0.243 e. The summed E-state index contributed by atoms with van der Waals surface area (Å²) in [5.74, 6) is 0.725. The van der Waals surface area contributed by atoms with Gasteiger partial charge in [-0.3, -0.25) is 0 Å².